The fraction of sp³-hybridized carbons (Fsp3) is 0.294. The van der Waals surface area contributed by atoms with Gasteiger partial charge in [-0.25, -0.2) is 0 Å². The van der Waals surface area contributed by atoms with Crippen LogP contribution in [0.2, 0.25) is 0 Å². The van der Waals surface area contributed by atoms with Crippen LogP contribution < -0.4 is 16.4 Å². The van der Waals surface area contributed by atoms with Gasteiger partial charge in [-0.05, 0) is 55.0 Å². The zero-order chi connectivity index (χ0) is 17.0. The number of fused-ring (bicyclic) bond motifs is 1. The molecule has 0 amide bonds. The van der Waals surface area contributed by atoms with E-state index in [0.717, 1.165) is 17.2 Å². The molecular formula is C17H20F3N3. The minimum Gasteiger partial charge on any atom is -0.372 e. The average molecular weight is 323 g/mol. The van der Waals surface area contributed by atoms with Crippen LogP contribution in [0.25, 0.3) is 6.08 Å². The summed E-state index contributed by atoms with van der Waals surface area (Å²) in [7, 11) is 0. The molecule has 0 bridgehead atoms. The van der Waals surface area contributed by atoms with Crippen LogP contribution in [0.15, 0.2) is 47.8 Å². The van der Waals surface area contributed by atoms with E-state index in [1.165, 1.54) is 6.08 Å². The maximum atomic E-state index is 12.9. The molecule has 1 atom stereocenters. The van der Waals surface area contributed by atoms with Crippen LogP contribution in [0.3, 0.4) is 0 Å². The molecule has 23 heavy (non-hydrogen) atoms. The highest BCUT2D eigenvalue weighted by Gasteiger charge is 2.31. The van der Waals surface area contributed by atoms with Crippen molar-refractivity contribution >= 4 is 11.8 Å². The van der Waals surface area contributed by atoms with E-state index in [-0.39, 0.29) is 6.17 Å². The molecule has 3 nitrogen and oxygen atoms in total. The van der Waals surface area contributed by atoms with Crippen molar-refractivity contribution in [2.75, 3.05) is 5.32 Å². The summed E-state index contributed by atoms with van der Waals surface area (Å²) in [6.07, 6.45) is 1.60. The van der Waals surface area contributed by atoms with Crippen molar-refractivity contribution in [3.8, 4) is 0 Å². The van der Waals surface area contributed by atoms with Crippen molar-refractivity contribution in [1.82, 2.24) is 5.32 Å². The highest BCUT2D eigenvalue weighted by molar-refractivity contribution is 5.63. The molecule has 1 heterocycles. The van der Waals surface area contributed by atoms with E-state index in [0.29, 0.717) is 17.8 Å². The van der Waals surface area contributed by atoms with Crippen LogP contribution >= 0.6 is 0 Å². The maximum Gasteiger partial charge on any atom is 0.416 e. The third kappa shape index (κ3) is 4.39. The number of hydrogen-bond acceptors (Lipinski definition) is 3. The average Bonchev–Trinajstić information content (AvgIpc) is 2.47. The number of hydrogen-bond donors (Lipinski definition) is 3. The zero-order valence-corrected chi connectivity index (χ0v) is 13.0. The number of anilines is 1. The van der Waals surface area contributed by atoms with Gasteiger partial charge in [-0.1, -0.05) is 19.1 Å². The van der Waals surface area contributed by atoms with Crippen molar-refractivity contribution < 1.29 is 13.2 Å². The minimum atomic E-state index is -4.36. The Morgan fingerprint density at radius 2 is 2.13 bits per heavy atom. The van der Waals surface area contributed by atoms with Gasteiger partial charge in [0, 0.05) is 11.4 Å². The van der Waals surface area contributed by atoms with Crippen LogP contribution in [0.4, 0.5) is 18.9 Å². The summed E-state index contributed by atoms with van der Waals surface area (Å²) >= 11 is 0. The molecular weight excluding hydrogens is 303 g/mol. The Hall–Kier alpha value is -2.21. The van der Waals surface area contributed by atoms with Crippen molar-refractivity contribution in [2.24, 2.45) is 5.73 Å². The topological polar surface area (TPSA) is 50.1 Å². The molecule has 1 aliphatic heterocycles. The summed E-state index contributed by atoms with van der Waals surface area (Å²) in [4.78, 5) is 0. The summed E-state index contributed by atoms with van der Waals surface area (Å²) in [6, 6.07) is 5.54. The fourth-order valence-electron chi connectivity index (χ4n) is 2.38. The van der Waals surface area contributed by atoms with Crippen LogP contribution in [0, 0.1) is 0 Å². The van der Waals surface area contributed by atoms with Crippen LogP contribution in [-0.4, -0.2) is 6.18 Å². The van der Waals surface area contributed by atoms with E-state index in [4.69, 9.17) is 5.73 Å². The molecule has 2 rings (SSSR count). The second-order valence-electron chi connectivity index (χ2n) is 5.34. The number of benzene rings is 1. The standard InChI is InChI=1S/C17H20F3N3/c1-3-4-13(17(18,19)20)9-11(2)23-14-6-5-12-7-8-22-16(21)15(12)10-14/h4-10,16,22-23H,3,21H2,1-2H3/b11-9-,13-4-. The van der Waals surface area contributed by atoms with Crippen molar-refractivity contribution in [3.63, 3.8) is 0 Å². The highest BCUT2D eigenvalue weighted by atomic mass is 19.4. The first-order chi connectivity index (χ1) is 10.8. The smallest absolute Gasteiger partial charge is 0.372 e. The third-order valence-electron chi connectivity index (χ3n) is 3.43. The van der Waals surface area contributed by atoms with Gasteiger partial charge in [0.2, 0.25) is 0 Å². The van der Waals surface area contributed by atoms with Crippen LogP contribution in [0.5, 0.6) is 0 Å². The van der Waals surface area contributed by atoms with E-state index >= 15 is 0 Å². The van der Waals surface area contributed by atoms with Gasteiger partial charge < -0.3 is 16.4 Å². The van der Waals surface area contributed by atoms with E-state index in [2.05, 4.69) is 10.6 Å². The fourth-order valence-corrected chi connectivity index (χ4v) is 2.38. The first-order valence-electron chi connectivity index (χ1n) is 7.36. The van der Waals surface area contributed by atoms with Gasteiger partial charge in [0.25, 0.3) is 0 Å². The Kier molecular flexibility index (Phi) is 5.15. The second-order valence-corrected chi connectivity index (χ2v) is 5.34. The van der Waals surface area contributed by atoms with Gasteiger partial charge in [0.05, 0.1) is 5.57 Å². The van der Waals surface area contributed by atoms with Gasteiger partial charge in [0.1, 0.15) is 6.17 Å². The summed E-state index contributed by atoms with van der Waals surface area (Å²) in [5.74, 6) is 0. The third-order valence-corrected chi connectivity index (χ3v) is 3.43. The SMILES string of the molecule is CC/C=C(/C=C(/C)Nc1ccc2c(c1)C(N)NC=C2)C(F)(F)F. The van der Waals surface area contributed by atoms with Gasteiger partial charge in [0.15, 0.2) is 0 Å². The number of nitrogens with two attached hydrogens (primary N) is 1. The van der Waals surface area contributed by atoms with E-state index in [1.54, 1.807) is 20.0 Å². The molecule has 1 aliphatic rings. The molecule has 1 aromatic carbocycles. The van der Waals surface area contributed by atoms with Crippen molar-refractivity contribution in [2.45, 2.75) is 32.6 Å². The quantitative estimate of drug-likeness (QED) is 0.718. The lowest BCUT2D eigenvalue weighted by Crippen LogP contribution is -2.27. The molecule has 0 aliphatic carbocycles. The number of halogens is 3. The summed E-state index contributed by atoms with van der Waals surface area (Å²) in [6.45, 7) is 3.28. The molecule has 0 aromatic heterocycles. The predicted octanol–water partition coefficient (Wildman–Crippen LogP) is 4.43. The first kappa shape index (κ1) is 17.1. The lowest BCUT2D eigenvalue weighted by molar-refractivity contribution is -0.0884. The monoisotopic (exact) mass is 323 g/mol. The van der Waals surface area contributed by atoms with E-state index in [1.807, 2.05) is 24.3 Å². The molecule has 0 saturated heterocycles. The van der Waals surface area contributed by atoms with Gasteiger partial charge in [-0.15, -0.1) is 0 Å². The van der Waals surface area contributed by atoms with Crippen molar-refractivity contribution in [3.05, 3.63) is 58.9 Å². The van der Waals surface area contributed by atoms with Gasteiger partial charge in [-0.3, -0.25) is 0 Å². The van der Waals surface area contributed by atoms with E-state index < -0.39 is 11.7 Å². The Bertz CT molecular complexity index is 658. The summed E-state index contributed by atoms with van der Waals surface area (Å²) in [5.41, 5.74) is 8.31. The lowest BCUT2D eigenvalue weighted by atomic mass is 10.0. The molecule has 0 spiro atoms. The van der Waals surface area contributed by atoms with Gasteiger partial charge >= 0.3 is 6.18 Å². The molecule has 124 valence electrons. The molecule has 1 aromatic rings. The van der Waals surface area contributed by atoms with Crippen molar-refractivity contribution in [1.29, 1.82) is 0 Å². The molecule has 6 heteroatoms. The number of allylic oxidation sites excluding steroid dienone is 4. The number of nitrogens with one attached hydrogen (secondary N) is 2. The summed E-state index contributed by atoms with van der Waals surface area (Å²) < 4.78 is 38.7. The predicted molar refractivity (Wildman–Crippen MR) is 87.3 cm³/mol. The Morgan fingerprint density at radius 3 is 2.78 bits per heavy atom. The normalized spacial score (nSPS) is 18.4. The maximum absolute atomic E-state index is 12.9. The Balaban J connectivity index is 2.22. The number of alkyl halides is 3. The van der Waals surface area contributed by atoms with E-state index in [9.17, 15) is 13.2 Å². The zero-order valence-electron chi connectivity index (χ0n) is 13.0. The van der Waals surface area contributed by atoms with Crippen LogP contribution in [-0.2, 0) is 0 Å². The summed E-state index contributed by atoms with van der Waals surface area (Å²) in [5, 5.41) is 5.97. The lowest BCUT2D eigenvalue weighted by Gasteiger charge is -2.21. The molecule has 0 fully saturated rings. The first-order valence-corrected chi connectivity index (χ1v) is 7.36. The second kappa shape index (κ2) is 6.91. The largest absolute Gasteiger partial charge is 0.416 e. The molecule has 0 saturated carbocycles. The molecule has 4 N–H and O–H groups in total. The highest BCUT2D eigenvalue weighted by Crippen LogP contribution is 2.29. The molecule has 1 unspecified atom stereocenters. The Morgan fingerprint density at radius 1 is 1.39 bits per heavy atom. The number of rotatable bonds is 4. The Labute approximate surface area is 133 Å². The van der Waals surface area contributed by atoms with Crippen LogP contribution in [0.1, 0.15) is 37.6 Å². The molecule has 0 radical (unpaired) electrons. The minimum absolute atomic E-state index is 0.324. The van der Waals surface area contributed by atoms with Gasteiger partial charge in [-0.2, -0.15) is 13.2 Å².